The van der Waals surface area contributed by atoms with Crippen LogP contribution in [-0.2, 0) is 4.74 Å². The van der Waals surface area contributed by atoms with Crippen LogP contribution < -0.4 is 15.4 Å². The van der Waals surface area contributed by atoms with E-state index in [0.717, 1.165) is 17.7 Å². The number of carbonyl (C=O) groups is 1. The third-order valence-electron chi connectivity index (χ3n) is 3.74. The fourth-order valence-corrected chi connectivity index (χ4v) is 2.68. The molecule has 6 nitrogen and oxygen atoms in total. The normalized spacial score (nSPS) is 15.1. The Labute approximate surface area is 163 Å². The zero-order valence-electron chi connectivity index (χ0n) is 17.7. The molecule has 0 aliphatic carbocycles. The van der Waals surface area contributed by atoms with Crippen LogP contribution >= 0.6 is 0 Å². The molecular formula is C21H36N2O4. The first-order valence-corrected chi connectivity index (χ1v) is 9.64. The molecule has 0 unspecified atom stereocenters. The topological polar surface area (TPSA) is 79.8 Å². The highest BCUT2D eigenvalue weighted by atomic mass is 16.6. The summed E-state index contributed by atoms with van der Waals surface area (Å²) in [5.74, 6) is 0.754. The molecule has 0 saturated heterocycles. The molecule has 3 atom stereocenters. The highest BCUT2D eigenvalue weighted by molar-refractivity contribution is 5.68. The Morgan fingerprint density at radius 1 is 1.15 bits per heavy atom. The number of hydrogen-bond donors (Lipinski definition) is 3. The molecule has 0 fully saturated rings. The van der Waals surface area contributed by atoms with Crippen molar-refractivity contribution < 1.29 is 19.4 Å². The van der Waals surface area contributed by atoms with Gasteiger partial charge in [0.25, 0.3) is 0 Å². The number of benzene rings is 1. The lowest BCUT2D eigenvalue weighted by molar-refractivity contribution is 0.0503. The van der Waals surface area contributed by atoms with Gasteiger partial charge in [0.05, 0.1) is 12.2 Å². The van der Waals surface area contributed by atoms with Gasteiger partial charge in [0, 0.05) is 18.6 Å². The van der Waals surface area contributed by atoms with E-state index < -0.39 is 17.8 Å². The van der Waals surface area contributed by atoms with Crippen LogP contribution in [0.25, 0.3) is 0 Å². The van der Waals surface area contributed by atoms with Gasteiger partial charge in [-0.15, -0.1) is 0 Å². The summed E-state index contributed by atoms with van der Waals surface area (Å²) >= 11 is 0. The van der Waals surface area contributed by atoms with Crippen molar-refractivity contribution >= 4 is 6.09 Å². The van der Waals surface area contributed by atoms with Crippen molar-refractivity contribution in [3.05, 3.63) is 29.8 Å². The van der Waals surface area contributed by atoms with E-state index >= 15 is 0 Å². The van der Waals surface area contributed by atoms with Crippen molar-refractivity contribution in [2.24, 2.45) is 0 Å². The lowest BCUT2D eigenvalue weighted by atomic mass is 10.1. The smallest absolute Gasteiger partial charge is 0.407 e. The Morgan fingerprint density at radius 2 is 1.81 bits per heavy atom. The Morgan fingerprint density at radius 3 is 2.41 bits per heavy atom. The minimum absolute atomic E-state index is 0.0396. The molecular weight excluding hydrogens is 344 g/mol. The molecule has 0 aromatic heterocycles. The molecule has 0 bridgehead atoms. The van der Waals surface area contributed by atoms with Crippen LogP contribution in [0.15, 0.2) is 24.3 Å². The number of rotatable bonds is 9. The maximum Gasteiger partial charge on any atom is 0.407 e. The van der Waals surface area contributed by atoms with Crippen LogP contribution in [0.3, 0.4) is 0 Å². The Bertz CT molecular complexity index is 584. The fraction of sp³-hybridized carbons (Fsp3) is 0.667. The van der Waals surface area contributed by atoms with Crippen LogP contribution in [0.4, 0.5) is 4.79 Å². The molecule has 0 heterocycles. The summed E-state index contributed by atoms with van der Waals surface area (Å²) in [6, 6.07) is 7.60. The lowest BCUT2D eigenvalue weighted by Gasteiger charge is -2.24. The van der Waals surface area contributed by atoms with Gasteiger partial charge in [-0.05, 0) is 72.6 Å². The van der Waals surface area contributed by atoms with E-state index in [1.807, 2.05) is 72.7 Å². The first-order valence-electron chi connectivity index (χ1n) is 9.64. The number of hydrogen-bond acceptors (Lipinski definition) is 5. The molecule has 27 heavy (non-hydrogen) atoms. The molecule has 6 heteroatoms. The molecule has 0 saturated carbocycles. The van der Waals surface area contributed by atoms with Crippen molar-refractivity contribution in [1.82, 2.24) is 10.6 Å². The van der Waals surface area contributed by atoms with Crippen molar-refractivity contribution in [1.29, 1.82) is 0 Å². The zero-order valence-corrected chi connectivity index (χ0v) is 17.7. The average molecular weight is 381 g/mol. The predicted octanol–water partition coefficient (Wildman–Crippen LogP) is 3.79. The van der Waals surface area contributed by atoms with Gasteiger partial charge < -0.3 is 25.2 Å². The van der Waals surface area contributed by atoms with Gasteiger partial charge in [0.15, 0.2) is 0 Å². The minimum atomic E-state index is -0.628. The van der Waals surface area contributed by atoms with Gasteiger partial charge in [-0.1, -0.05) is 12.1 Å². The monoisotopic (exact) mass is 380 g/mol. The summed E-state index contributed by atoms with van der Waals surface area (Å²) in [5, 5.41) is 16.6. The molecule has 0 aliphatic heterocycles. The Balaban J connectivity index is 2.42. The molecule has 1 aromatic rings. The molecule has 0 spiro atoms. The second-order valence-electron chi connectivity index (χ2n) is 8.35. The van der Waals surface area contributed by atoms with Crippen LogP contribution in [0.2, 0.25) is 0 Å². The van der Waals surface area contributed by atoms with E-state index in [1.54, 1.807) is 0 Å². The van der Waals surface area contributed by atoms with Gasteiger partial charge >= 0.3 is 6.09 Å². The maximum absolute atomic E-state index is 11.8. The molecule has 3 N–H and O–H groups in total. The number of aliphatic hydroxyl groups is 1. The van der Waals surface area contributed by atoms with Crippen molar-refractivity contribution in [2.75, 3.05) is 6.54 Å². The highest BCUT2D eigenvalue weighted by Crippen LogP contribution is 2.20. The molecule has 0 aliphatic rings. The molecule has 1 rings (SSSR count). The van der Waals surface area contributed by atoms with Gasteiger partial charge in [-0.25, -0.2) is 4.79 Å². The van der Waals surface area contributed by atoms with Gasteiger partial charge in [-0.2, -0.15) is 0 Å². The summed E-state index contributed by atoms with van der Waals surface area (Å²) in [6.07, 6.45) is -0.223. The maximum atomic E-state index is 11.8. The summed E-state index contributed by atoms with van der Waals surface area (Å²) in [6.45, 7) is 13.8. The van der Waals surface area contributed by atoms with Crippen LogP contribution in [0, 0.1) is 0 Å². The van der Waals surface area contributed by atoms with Crippen molar-refractivity contribution in [3.8, 4) is 5.75 Å². The van der Waals surface area contributed by atoms with Gasteiger partial charge in [-0.3, -0.25) is 0 Å². The van der Waals surface area contributed by atoms with Gasteiger partial charge in [0.1, 0.15) is 11.4 Å². The zero-order chi connectivity index (χ0) is 20.6. The lowest BCUT2D eigenvalue weighted by Crippen LogP contribution is -2.41. The third-order valence-corrected chi connectivity index (χ3v) is 3.74. The van der Waals surface area contributed by atoms with Gasteiger partial charge in [0.2, 0.25) is 0 Å². The summed E-state index contributed by atoms with van der Waals surface area (Å²) in [7, 11) is 0. The van der Waals surface area contributed by atoms with Crippen molar-refractivity contribution in [2.45, 2.75) is 84.8 Å². The first-order chi connectivity index (χ1) is 12.5. The van der Waals surface area contributed by atoms with E-state index in [-0.39, 0.29) is 18.2 Å². The molecule has 1 aromatic carbocycles. The Kier molecular flexibility index (Phi) is 9.06. The third kappa shape index (κ3) is 10.2. The highest BCUT2D eigenvalue weighted by Gasteiger charge is 2.19. The number of carbonyl (C=O) groups excluding carboxylic acids is 1. The van der Waals surface area contributed by atoms with Crippen LogP contribution in [0.1, 0.15) is 66.6 Å². The number of nitrogens with one attached hydrogen (secondary N) is 2. The number of amides is 1. The second kappa shape index (κ2) is 10.5. The first kappa shape index (κ1) is 23.2. The summed E-state index contributed by atoms with van der Waals surface area (Å²) in [4.78, 5) is 11.8. The molecule has 1 amide bonds. The number of alkyl carbamates (subject to hydrolysis) is 1. The van der Waals surface area contributed by atoms with E-state index in [0.29, 0.717) is 6.54 Å². The predicted molar refractivity (Wildman–Crippen MR) is 108 cm³/mol. The quantitative estimate of drug-likeness (QED) is 0.607. The van der Waals surface area contributed by atoms with Crippen molar-refractivity contribution in [3.63, 3.8) is 0 Å². The van der Waals surface area contributed by atoms with E-state index in [4.69, 9.17) is 9.47 Å². The van der Waals surface area contributed by atoms with Crippen LogP contribution in [0.5, 0.6) is 5.75 Å². The summed E-state index contributed by atoms with van der Waals surface area (Å²) < 4.78 is 10.9. The summed E-state index contributed by atoms with van der Waals surface area (Å²) in [5.41, 5.74) is 0.304. The minimum Gasteiger partial charge on any atom is -0.491 e. The fourth-order valence-electron chi connectivity index (χ4n) is 2.68. The van der Waals surface area contributed by atoms with E-state index in [9.17, 15) is 9.90 Å². The number of ether oxygens (including phenoxy) is 2. The largest absolute Gasteiger partial charge is 0.491 e. The SMILES string of the molecule is CC(C)Oc1cccc([C@@H](O)CN[C@H](C)C[C@@H](C)NC(=O)OC(C)(C)C)c1. The van der Waals surface area contributed by atoms with Crippen LogP contribution in [-0.4, -0.2) is 41.5 Å². The number of aliphatic hydroxyl groups excluding tert-OH is 1. The molecule has 0 radical (unpaired) electrons. The Hall–Kier alpha value is -1.79. The second-order valence-corrected chi connectivity index (χ2v) is 8.35. The van der Waals surface area contributed by atoms with E-state index in [2.05, 4.69) is 10.6 Å². The standard InChI is InChI=1S/C21H36N2O4/c1-14(2)26-18-10-8-9-17(12-18)19(24)13-22-15(3)11-16(4)23-20(25)27-21(5,6)7/h8-10,12,14-16,19,22,24H,11,13H2,1-7H3,(H,23,25)/t15-,16-,19+/m1/s1. The van der Waals surface area contributed by atoms with E-state index in [1.165, 1.54) is 0 Å². The molecule has 154 valence electrons. The average Bonchev–Trinajstić information content (AvgIpc) is 2.50.